The minimum absolute atomic E-state index is 0. The molecule has 26 heavy (non-hydrogen) atoms. The summed E-state index contributed by atoms with van der Waals surface area (Å²) >= 11 is 0. The van der Waals surface area contributed by atoms with Crippen LogP contribution in [0.25, 0.3) is 0 Å². The van der Waals surface area contributed by atoms with Crippen molar-refractivity contribution in [2.24, 2.45) is 0 Å². The summed E-state index contributed by atoms with van der Waals surface area (Å²) in [6.07, 6.45) is 0. The molecule has 0 aliphatic heterocycles. The zero-order valence-corrected chi connectivity index (χ0v) is 16.6. The van der Waals surface area contributed by atoms with Crippen molar-refractivity contribution in [1.82, 2.24) is 4.90 Å². The predicted molar refractivity (Wildman–Crippen MR) is 73.8 cm³/mol. The topological polar surface area (TPSA) is 3.24 Å². The molecular formula is C9H12B3F12KN-3. The first kappa shape index (κ1) is 33.7. The van der Waals surface area contributed by atoms with Crippen molar-refractivity contribution >= 4 is 21.8 Å². The van der Waals surface area contributed by atoms with Gasteiger partial charge < -0.3 is 56.7 Å². The van der Waals surface area contributed by atoms with E-state index in [0.717, 1.165) is 6.54 Å². The second-order valence-electron chi connectivity index (χ2n) is 3.98. The first-order valence-corrected chi connectivity index (χ1v) is 5.96. The summed E-state index contributed by atoms with van der Waals surface area (Å²) in [6, 6.07) is 10.3. The van der Waals surface area contributed by atoms with E-state index >= 15 is 0 Å². The Bertz CT molecular complexity index is 376. The molecule has 0 unspecified atom stereocenters. The van der Waals surface area contributed by atoms with Gasteiger partial charge in [-0.1, -0.05) is 30.3 Å². The Labute approximate surface area is 185 Å². The Morgan fingerprint density at radius 1 is 0.692 bits per heavy atom. The van der Waals surface area contributed by atoms with E-state index in [1.807, 2.05) is 30.1 Å². The molecule has 150 valence electrons. The van der Waals surface area contributed by atoms with E-state index in [9.17, 15) is 51.8 Å². The number of benzene rings is 1. The molecule has 0 N–H and O–H groups in total. The third kappa shape index (κ3) is 87.6. The molecule has 0 saturated carbocycles. The quantitative estimate of drug-likeness (QED) is 0.394. The van der Waals surface area contributed by atoms with Gasteiger partial charge in [0.25, 0.3) is 0 Å². The van der Waals surface area contributed by atoms with Gasteiger partial charge in [-0.2, -0.15) is 0 Å². The van der Waals surface area contributed by atoms with Gasteiger partial charge in [-0.25, -0.2) is 0 Å². The van der Waals surface area contributed by atoms with E-state index in [1.54, 1.807) is 0 Å². The molecule has 0 aliphatic carbocycles. The van der Waals surface area contributed by atoms with Crippen LogP contribution < -0.4 is 51.4 Å². The minimum Gasteiger partial charge on any atom is -0.458 e. The van der Waals surface area contributed by atoms with Crippen LogP contribution in [0, 0.1) is 7.05 Å². The van der Waals surface area contributed by atoms with E-state index in [-0.39, 0.29) is 51.4 Å². The van der Waals surface area contributed by atoms with E-state index in [1.165, 1.54) is 5.56 Å². The Hall–Kier alpha value is 0.171. The summed E-state index contributed by atoms with van der Waals surface area (Å²) in [5.74, 6) is 0. The van der Waals surface area contributed by atoms with Crippen molar-refractivity contribution in [3.05, 3.63) is 42.9 Å². The molecule has 0 heterocycles. The molecule has 1 aromatic carbocycles. The van der Waals surface area contributed by atoms with Gasteiger partial charge in [0, 0.05) is 0 Å². The maximum Gasteiger partial charge on any atom is 1.00 e. The number of halogens is 12. The molecule has 1 rings (SSSR count). The molecule has 1 nitrogen and oxygen atoms in total. The standard InChI is InChI=1S/C9H12N.3BF4.K/c1-10(2)8-9-6-4-3-5-7-9;3*2-1(3,4)5;/h3-7H,1,8H2,2H3;;;;/q4*-1;+1. The van der Waals surface area contributed by atoms with Crippen LogP contribution in [-0.2, 0) is 6.54 Å². The van der Waals surface area contributed by atoms with Crippen molar-refractivity contribution in [2.75, 3.05) is 7.05 Å². The third-order valence-electron chi connectivity index (χ3n) is 1.30. The van der Waals surface area contributed by atoms with Crippen LogP contribution in [0.4, 0.5) is 51.8 Å². The van der Waals surface area contributed by atoms with Crippen molar-refractivity contribution in [3.8, 4) is 0 Å². The van der Waals surface area contributed by atoms with Crippen LogP contribution in [-0.4, -0.2) is 33.7 Å². The average molecular weight is 434 g/mol. The van der Waals surface area contributed by atoms with E-state index in [4.69, 9.17) is 0 Å². The van der Waals surface area contributed by atoms with Crippen LogP contribution in [0.15, 0.2) is 30.3 Å². The summed E-state index contributed by atoms with van der Waals surface area (Å²) in [6.45, 7) is 0.918. The number of nitrogens with zero attached hydrogens (tertiary/aromatic N) is 1. The van der Waals surface area contributed by atoms with Crippen molar-refractivity contribution in [1.29, 1.82) is 0 Å². The maximum atomic E-state index is 9.75. The molecular weight excluding hydrogens is 422 g/mol. The summed E-state index contributed by atoms with van der Waals surface area (Å²) in [5.41, 5.74) is 1.31. The second kappa shape index (κ2) is 16.2. The summed E-state index contributed by atoms with van der Waals surface area (Å²) in [4.78, 5) is 1.91. The van der Waals surface area contributed by atoms with E-state index in [2.05, 4.69) is 19.2 Å². The van der Waals surface area contributed by atoms with Crippen LogP contribution in [0.5, 0.6) is 0 Å². The van der Waals surface area contributed by atoms with Crippen molar-refractivity contribution < 1.29 is 103 Å². The van der Waals surface area contributed by atoms with Gasteiger partial charge in [-0.05, 0) is 19.2 Å². The largest absolute Gasteiger partial charge is 1.00 e. The molecule has 0 aromatic heterocycles. The van der Waals surface area contributed by atoms with Crippen LogP contribution in [0.3, 0.4) is 0 Å². The monoisotopic (exact) mass is 434 g/mol. The smallest absolute Gasteiger partial charge is 0.458 e. The first-order chi connectivity index (χ1) is 10.8. The van der Waals surface area contributed by atoms with Crippen molar-refractivity contribution in [2.45, 2.75) is 6.54 Å². The maximum absolute atomic E-state index is 9.75. The molecule has 0 fully saturated rings. The van der Waals surface area contributed by atoms with Gasteiger partial charge in [0.1, 0.15) is 0 Å². The van der Waals surface area contributed by atoms with Gasteiger partial charge in [0.15, 0.2) is 0 Å². The molecule has 17 heteroatoms. The molecule has 0 amide bonds. The normalized spacial score (nSPS) is 10.9. The van der Waals surface area contributed by atoms with Crippen LogP contribution in [0.1, 0.15) is 5.56 Å². The molecule has 1 aromatic rings. The number of rotatable bonds is 2. The fraction of sp³-hybridized carbons (Fsp3) is 0.222. The summed E-state index contributed by atoms with van der Waals surface area (Å²) in [5, 5.41) is 0. The molecule has 0 radical (unpaired) electrons. The Balaban J connectivity index is -0.000000132. The van der Waals surface area contributed by atoms with Gasteiger partial charge in [-0.3, -0.25) is 7.05 Å². The van der Waals surface area contributed by atoms with Crippen molar-refractivity contribution in [3.63, 3.8) is 0 Å². The Morgan fingerprint density at radius 3 is 1.12 bits per heavy atom. The van der Waals surface area contributed by atoms with Crippen LogP contribution >= 0.6 is 0 Å². The Morgan fingerprint density at radius 2 is 0.923 bits per heavy atom. The van der Waals surface area contributed by atoms with Gasteiger partial charge in [-0.15, -0.1) is 0 Å². The first-order valence-electron chi connectivity index (χ1n) is 5.96. The number of hydrogen-bond acceptors (Lipinski definition) is 1. The van der Waals surface area contributed by atoms with Gasteiger partial charge in [0.2, 0.25) is 0 Å². The second-order valence-corrected chi connectivity index (χ2v) is 3.98. The summed E-state index contributed by atoms with van der Waals surface area (Å²) < 4.78 is 117. The molecule has 0 spiro atoms. The van der Waals surface area contributed by atoms with Gasteiger partial charge >= 0.3 is 73.1 Å². The van der Waals surface area contributed by atoms with E-state index < -0.39 is 21.8 Å². The minimum atomic E-state index is -6.00. The third-order valence-corrected chi connectivity index (χ3v) is 1.30. The molecule has 0 atom stereocenters. The predicted octanol–water partition coefficient (Wildman–Crippen LogP) is 2.81. The molecule has 0 saturated heterocycles. The zero-order chi connectivity index (χ0) is 20.9. The van der Waals surface area contributed by atoms with Crippen LogP contribution in [0.2, 0.25) is 0 Å². The van der Waals surface area contributed by atoms with Gasteiger partial charge in [0.05, 0.1) is 0 Å². The number of hydrogen-bond donors (Lipinski definition) is 0. The van der Waals surface area contributed by atoms with E-state index in [0.29, 0.717) is 0 Å². The Kier molecular flexibility index (Phi) is 21.0. The fourth-order valence-corrected chi connectivity index (χ4v) is 0.895. The molecule has 0 bridgehead atoms. The zero-order valence-electron chi connectivity index (χ0n) is 13.5. The summed E-state index contributed by atoms with van der Waals surface area (Å²) in [7, 11) is -12.3. The average Bonchev–Trinajstić information content (AvgIpc) is 2.21. The molecule has 0 aliphatic rings. The fourth-order valence-electron chi connectivity index (χ4n) is 0.895. The SMILES string of the molecule is F[B-](F)(F)F.F[B-](F)(F)F.F[B-](F)(F)F.[CH2-]N(C)Cc1ccccc1.[K+].